The molecule has 0 bridgehead atoms. The lowest BCUT2D eigenvalue weighted by molar-refractivity contribution is 0.439. The quantitative estimate of drug-likeness (QED) is 0.529. The fourth-order valence-electron chi connectivity index (χ4n) is 2.65. The maximum atomic E-state index is 3.90. The lowest BCUT2D eigenvalue weighted by atomic mass is 9.93. The molecule has 1 aromatic rings. The normalized spacial score (nSPS) is 25.7. The molecule has 1 aliphatic rings. The zero-order chi connectivity index (χ0) is 10.7. The predicted octanol–water partition coefficient (Wildman–Crippen LogP) is 4.88. The number of hydrogen-bond acceptors (Lipinski definition) is 0. The van der Waals surface area contributed by atoms with Crippen molar-refractivity contribution in [2.75, 3.05) is 0 Å². The van der Waals surface area contributed by atoms with Crippen LogP contribution in [0.2, 0.25) is 0 Å². The number of rotatable bonds is 2. The van der Waals surface area contributed by atoms with Crippen molar-refractivity contribution in [3.63, 3.8) is 0 Å². The number of fused-ring (bicyclic) bond motifs is 1. The third-order valence-corrected chi connectivity index (χ3v) is 4.69. The van der Waals surface area contributed by atoms with Crippen LogP contribution in [0.1, 0.15) is 48.6 Å². The van der Waals surface area contributed by atoms with Crippen molar-refractivity contribution in [2.24, 2.45) is 5.92 Å². The van der Waals surface area contributed by atoms with Crippen molar-refractivity contribution >= 4 is 15.9 Å². The highest BCUT2D eigenvalue weighted by molar-refractivity contribution is 9.09. The van der Waals surface area contributed by atoms with E-state index in [0.717, 1.165) is 5.92 Å². The van der Waals surface area contributed by atoms with Gasteiger partial charge in [0, 0.05) is 4.83 Å². The van der Waals surface area contributed by atoms with E-state index in [0.29, 0.717) is 4.83 Å². The van der Waals surface area contributed by atoms with Gasteiger partial charge >= 0.3 is 0 Å². The molecule has 0 amide bonds. The molecule has 15 heavy (non-hydrogen) atoms. The van der Waals surface area contributed by atoms with Crippen LogP contribution in [0.25, 0.3) is 0 Å². The standard InChI is InChI=1S/C14H19Br/c1-2-6-12-9-5-8-11-7-3-4-10-13(11)14(12)15/h3-4,7,10,12,14H,2,5-6,8-9H2,1H3. The van der Waals surface area contributed by atoms with Gasteiger partial charge in [-0.2, -0.15) is 0 Å². The molecule has 0 saturated carbocycles. The van der Waals surface area contributed by atoms with E-state index < -0.39 is 0 Å². The second-order valence-corrected chi connectivity index (χ2v) is 5.53. The van der Waals surface area contributed by atoms with Crippen LogP contribution in [-0.4, -0.2) is 0 Å². The van der Waals surface area contributed by atoms with Gasteiger partial charge in [-0.3, -0.25) is 0 Å². The first-order chi connectivity index (χ1) is 7.33. The lowest BCUT2D eigenvalue weighted by Gasteiger charge is -2.20. The van der Waals surface area contributed by atoms with E-state index in [1.54, 1.807) is 5.56 Å². The van der Waals surface area contributed by atoms with E-state index in [-0.39, 0.29) is 0 Å². The molecule has 0 spiro atoms. The van der Waals surface area contributed by atoms with Gasteiger partial charge in [0.1, 0.15) is 0 Å². The molecular weight excluding hydrogens is 248 g/mol. The van der Waals surface area contributed by atoms with Crippen LogP contribution in [0, 0.1) is 5.92 Å². The summed E-state index contributed by atoms with van der Waals surface area (Å²) in [5.41, 5.74) is 3.09. The third-order valence-electron chi connectivity index (χ3n) is 3.45. The second kappa shape index (κ2) is 5.16. The molecule has 0 aromatic heterocycles. The van der Waals surface area contributed by atoms with Crippen molar-refractivity contribution in [1.82, 2.24) is 0 Å². The first kappa shape index (κ1) is 11.2. The van der Waals surface area contributed by atoms with Gasteiger partial charge in [0.15, 0.2) is 0 Å². The summed E-state index contributed by atoms with van der Waals surface area (Å²) >= 11 is 3.90. The summed E-state index contributed by atoms with van der Waals surface area (Å²) in [6, 6.07) is 8.92. The molecule has 0 heterocycles. The summed E-state index contributed by atoms with van der Waals surface area (Å²) < 4.78 is 0. The van der Waals surface area contributed by atoms with Crippen LogP contribution in [0.5, 0.6) is 0 Å². The summed E-state index contributed by atoms with van der Waals surface area (Å²) in [7, 11) is 0. The molecule has 0 N–H and O–H groups in total. The van der Waals surface area contributed by atoms with Gasteiger partial charge < -0.3 is 0 Å². The monoisotopic (exact) mass is 266 g/mol. The molecule has 0 radical (unpaired) electrons. The molecule has 2 unspecified atom stereocenters. The summed E-state index contributed by atoms with van der Waals surface area (Å²) in [4.78, 5) is 0.580. The number of aryl methyl sites for hydroxylation is 1. The van der Waals surface area contributed by atoms with Crippen molar-refractivity contribution in [1.29, 1.82) is 0 Å². The highest BCUT2D eigenvalue weighted by Gasteiger charge is 2.24. The van der Waals surface area contributed by atoms with Crippen LogP contribution in [-0.2, 0) is 6.42 Å². The van der Waals surface area contributed by atoms with Crippen molar-refractivity contribution < 1.29 is 0 Å². The van der Waals surface area contributed by atoms with E-state index in [1.807, 2.05) is 0 Å². The fraction of sp³-hybridized carbons (Fsp3) is 0.571. The van der Waals surface area contributed by atoms with Crippen molar-refractivity contribution in [3.05, 3.63) is 35.4 Å². The van der Waals surface area contributed by atoms with Gasteiger partial charge in [0.05, 0.1) is 0 Å². The highest BCUT2D eigenvalue weighted by Crippen LogP contribution is 2.41. The molecule has 2 rings (SSSR count). The second-order valence-electron chi connectivity index (χ2n) is 4.54. The summed E-state index contributed by atoms with van der Waals surface area (Å²) in [6.45, 7) is 2.29. The Kier molecular flexibility index (Phi) is 3.85. The van der Waals surface area contributed by atoms with E-state index >= 15 is 0 Å². The van der Waals surface area contributed by atoms with E-state index in [4.69, 9.17) is 0 Å². The predicted molar refractivity (Wildman–Crippen MR) is 69.4 cm³/mol. The van der Waals surface area contributed by atoms with E-state index in [1.165, 1.54) is 37.7 Å². The Morgan fingerprint density at radius 1 is 1.33 bits per heavy atom. The maximum Gasteiger partial charge on any atom is 0.0426 e. The first-order valence-corrected chi connectivity index (χ1v) is 6.96. The Morgan fingerprint density at radius 2 is 2.13 bits per heavy atom. The summed E-state index contributed by atoms with van der Waals surface area (Å²) in [6.07, 6.45) is 6.64. The first-order valence-electron chi connectivity index (χ1n) is 6.04. The molecule has 1 heteroatoms. The van der Waals surface area contributed by atoms with Gasteiger partial charge in [0.25, 0.3) is 0 Å². The van der Waals surface area contributed by atoms with Crippen molar-refractivity contribution in [3.8, 4) is 0 Å². The summed E-state index contributed by atoms with van der Waals surface area (Å²) in [5.74, 6) is 0.832. The minimum absolute atomic E-state index is 0.580. The molecule has 0 fully saturated rings. The minimum Gasteiger partial charge on any atom is -0.0836 e. The topological polar surface area (TPSA) is 0 Å². The lowest BCUT2D eigenvalue weighted by Crippen LogP contribution is -2.06. The molecule has 0 nitrogen and oxygen atoms in total. The van der Waals surface area contributed by atoms with Crippen LogP contribution in [0.15, 0.2) is 24.3 Å². The van der Waals surface area contributed by atoms with Gasteiger partial charge in [-0.1, -0.05) is 53.5 Å². The maximum absolute atomic E-state index is 3.90. The molecule has 1 aliphatic carbocycles. The average molecular weight is 267 g/mol. The fourth-order valence-corrected chi connectivity index (χ4v) is 3.62. The Morgan fingerprint density at radius 3 is 2.93 bits per heavy atom. The molecule has 82 valence electrons. The third kappa shape index (κ3) is 2.44. The molecular formula is C14H19Br. The Hall–Kier alpha value is -0.300. The van der Waals surface area contributed by atoms with Gasteiger partial charge in [-0.15, -0.1) is 0 Å². The SMILES string of the molecule is CCCC1CCCc2ccccc2C1Br. The van der Waals surface area contributed by atoms with Gasteiger partial charge in [-0.05, 0) is 42.7 Å². The van der Waals surface area contributed by atoms with Crippen LogP contribution in [0.3, 0.4) is 0 Å². The van der Waals surface area contributed by atoms with E-state index in [2.05, 4.69) is 47.1 Å². The Balaban J connectivity index is 2.26. The Bertz CT molecular complexity index is 319. The molecule has 1 aromatic carbocycles. The van der Waals surface area contributed by atoms with Gasteiger partial charge in [0.2, 0.25) is 0 Å². The number of halogens is 1. The number of hydrogen-bond donors (Lipinski definition) is 0. The van der Waals surface area contributed by atoms with Crippen LogP contribution >= 0.6 is 15.9 Å². The molecule has 2 atom stereocenters. The number of alkyl halides is 1. The molecule has 0 aliphatic heterocycles. The van der Waals surface area contributed by atoms with Crippen LogP contribution in [0.4, 0.5) is 0 Å². The van der Waals surface area contributed by atoms with Gasteiger partial charge in [-0.25, -0.2) is 0 Å². The molecule has 0 saturated heterocycles. The summed E-state index contributed by atoms with van der Waals surface area (Å²) in [5, 5.41) is 0. The van der Waals surface area contributed by atoms with Crippen LogP contribution < -0.4 is 0 Å². The smallest absolute Gasteiger partial charge is 0.0426 e. The number of benzene rings is 1. The Labute approximate surface area is 101 Å². The average Bonchev–Trinajstić information content (AvgIpc) is 2.41. The minimum atomic E-state index is 0.580. The zero-order valence-corrected chi connectivity index (χ0v) is 11.0. The van der Waals surface area contributed by atoms with Crippen molar-refractivity contribution in [2.45, 2.75) is 43.9 Å². The zero-order valence-electron chi connectivity index (χ0n) is 9.38. The van der Waals surface area contributed by atoms with E-state index in [9.17, 15) is 0 Å². The largest absolute Gasteiger partial charge is 0.0836 e. The highest BCUT2D eigenvalue weighted by atomic mass is 79.9.